The van der Waals surface area contributed by atoms with Crippen LogP contribution in [0.2, 0.25) is 5.15 Å². The Balaban J connectivity index is 2.43. The largest absolute Gasteiger partial charge is 0.325 e. The summed E-state index contributed by atoms with van der Waals surface area (Å²) in [5.41, 5.74) is -0.921. The molecule has 0 aromatic carbocycles. The van der Waals surface area contributed by atoms with Gasteiger partial charge in [0.25, 0.3) is 5.91 Å². The Morgan fingerprint density at radius 2 is 2.17 bits per heavy atom. The third-order valence-corrected chi connectivity index (χ3v) is 4.13. The monoisotopic (exact) mass is 287 g/mol. The highest BCUT2D eigenvalue weighted by Crippen LogP contribution is 2.33. The van der Waals surface area contributed by atoms with E-state index in [-0.39, 0.29) is 16.6 Å². The number of piperazine rings is 1. The summed E-state index contributed by atoms with van der Waals surface area (Å²) in [6.45, 7) is 3.34. The minimum atomic E-state index is -0.921. The maximum absolute atomic E-state index is 11.8. The molecule has 1 saturated heterocycles. The fraction of sp³-hybridized carbons (Fsp3) is 0.400. The van der Waals surface area contributed by atoms with Crippen LogP contribution in [0.15, 0.2) is 0 Å². The Morgan fingerprint density at radius 3 is 2.72 bits per heavy atom. The SMILES string of the molecule is CC1(C)C(=O)NC(=O)CN1c1nc(Cl)c(C=O)s1. The summed E-state index contributed by atoms with van der Waals surface area (Å²) in [5, 5.41) is 2.73. The van der Waals surface area contributed by atoms with Crippen molar-refractivity contribution in [3.63, 3.8) is 0 Å². The fourth-order valence-electron chi connectivity index (χ4n) is 1.58. The van der Waals surface area contributed by atoms with Gasteiger partial charge in [-0.3, -0.25) is 19.7 Å². The summed E-state index contributed by atoms with van der Waals surface area (Å²) in [6, 6.07) is 0. The Labute approximate surface area is 112 Å². The number of hydrogen-bond donors (Lipinski definition) is 1. The van der Waals surface area contributed by atoms with E-state index in [9.17, 15) is 14.4 Å². The number of nitrogens with zero attached hydrogens (tertiary/aromatic N) is 2. The minimum absolute atomic E-state index is 0.000872. The van der Waals surface area contributed by atoms with Crippen LogP contribution in [0.5, 0.6) is 0 Å². The van der Waals surface area contributed by atoms with E-state index in [4.69, 9.17) is 11.6 Å². The number of carbonyl (C=O) groups excluding carboxylic acids is 3. The first kappa shape index (κ1) is 13.0. The molecule has 8 heteroatoms. The third-order valence-electron chi connectivity index (χ3n) is 2.72. The summed E-state index contributed by atoms with van der Waals surface area (Å²) in [7, 11) is 0. The summed E-state index contributed by atoms with van der Waals surface area (Å²) in [4.78, 5) is 39.7. The molecule has 0 radical (unpaired) electrons. The highest BCUT2D eigenvalue weighted by Gasteiger charge is 2.42. The lowest BCUT2D eigenvalue weighted by Crippen LogP contribution is -2.64. The van der Waals surface area contributed by atoms with Gasteiger partial charge in [-0.15, -0.1) is 0 Å². The van der Waals surface area contributed by atoms with E-state index < -0.39 is 17.4 Å². The molecule has 2 rings (SSSR count). The van der Waals surface area contributed by atoms with Gasteiger partial charge in [0.15, 0.2) is 16.6 Å². The summed E-state index contributed by atoms with van der Waals surface area (Å²) in [5.74, 6) is -0.809. The number of halogens is 1. The van der Waals surface area contributed by atoms with Crippen LogP contribution in [0.4, 0.5) is 5.13 Å². The fourth-order valence-corrected chi connectivity index (χ4v) is 2.79. The van der Waals surface area contributed by atoms with Crippen LogP contribution in [-0.4, -0.2) is 35.2 Å². The summed E-state index contributed by atoms with van der Waals surface area (Å²) >= 11 is 6.84. The van der Waals surface area contributed by atoms with Crippen molar-refractivity contribution in [3.8, 4) is 0 Å². The van der Waals surface area contributed by atoms with Crippen molar-refractivity contribution in [1.29, 1.82) is 0 Å². The molecular formula is C10H10ClN3O3S. The first-order chi connectivity index (χ1) is 8.36. The highest BCUT2D eigenvalue weighted by molar-refractivity contribution is 7.17. The number of anilines is 1. The quantitative estimate of drug-likeness (QED) is 0.644. The van der Waals surface area contributed by atoms with Gasteiger partial charge in [-0.1, -0.05) is 22.9 Å². The van der Waals surface area contributed by atoms with Crippen molar-refractivity contribution in [2.24, 2.45) is 0 Å². The molecule has 2 amide bonds. The third kappa shape index (κ3) is 1.99. The van der Waals surface area contributed by atoms with Crippen molar-refractivity contribution in [1.82, 2.24) is 10.3 Å². The number of nitrogens with one attached hydrogen (secondary N) is 1. The molecule has 1 fully saturated rings. The first-order valence-electron chi connectivity index (χ1n) is 5.09. The predicted molar refractivity (Wildman–Crippen MR) is 67.1 cm³/mol. The van der Waals surface area contributed by atoms with E-state index in [1.165, 1.54) is 4.90 Å². The topological polar surface area (TPSA) is 79.4 Å². The molecular weight excluding hydrogens is 278 g/mol. The van der Waals surface area contributed by atoms with Crippen molar-refractivity contribution in [3.05, 3.63) is 10.0 Å². The van der Waals surface area contributed by atoms with Crippen LogP contribution in [0.25, 0.3) is 0 Å². The van der Waals surface area contributed by atoms with Gasteiger partial charge in [0, 0.05) is 0 Å². The number of thiazole rings is 1. The number of imide groups is 1. The maximum Gasteiger partial charge on any atom is 0.251 e. The van der Waals surface area contributed by atoms with Crippen LogP contribution in [0.1, 0.15) is 23.5 Å². The molecule has 0 saturated carbocycles. The minimum Gasteiger partial charge on any atom is -0.325 e. The molecule has 1 aliphatic rings. The molecule has 0 spiro atoms. The lowest BCUT2D eigenvalue weighted by Gasteiger charge is -2.39. The van der Waals surface area contributed by atoms with Gasteiger partial charge >= 0.3 is 0 Å². The molecule has 0 unspecified atom stereocenters. The van der Waals surface area contributed by atoms with Gasteiger partial charge in [-0.25, -0.2) is 4.98 Å². The van der Waals surface area contributed by atoms with Crippen LogP contribution < -0.4 is 10.2 Å². The van der Waals surface area contributed by atoms with Crippen LogP contribution in [0.3, 0.4) is 0 Å². The predicted octanol–water partition coefficient (Wildman–Crippen LogP) is 0.850. The van der Waals surface area contributed by atoms with Gasteiger partial charge in [-0.2, -0.15) is 0 Å². The maximum atomic E-state index is 11.8. The molecule has 18 heavy (non-hydrogen) atoms. The Kier molecular flexibility index (Phi) is 3.12. The summed E-state index contributed by atoms with van der Waals surface area (Å²) in [6.07, 6.45) is 0.600. The molecule has 2 heterocycles. The average Bonchev–Trinajstić information content (AvgIpc) is 2.65. The number of aldehydes is 1. The standard InChI is InChI=1S/C10H10ClN3O3S/c1-10(2)8(17)12-6(16)3-14(10)9-13-7(11)5(4-15)18-9/h4H,3H2,1-2H3,(H,12,16,17). The van der Waals surface area contributed by atoms with E-state index in [0.29, 0.717) is 11.4 Å². The Morgan fingerprint density at radius 1 is 1.50 bits per heavy atom. The van der Waals surface area contributed by atoms with Gasteiger partial charge in [0.2, 0.25) is 5.91 Å². The van der Waals surface area contributed by atoms with Gasteiger partial charge in [-0.05, 0) is 13.8 Å². The van der Waals surface area contributed by atoms with Crippen molar-refractivity contribution in [2.45, 2.75) is 19.4 Å². The Bertz CT molecular complexity index is 540. The van der Waals surface area contributed by atoms with E-state index in [1.54, 1.807) is 13.8 Å². The van der Waals surface area contributed by atoms with E-state index in [0.717, 1.165) is 11.3 Å². The van der Waals surface area contributed by atoms with E-state index in [1.807, 2.05) is 0 Å². The second kappa shape index (κ2) is 4.33. The van der Waals surface area contributed by atoms with Crippen molar-refractivity contribution in [2.75, 3.05) is 11.4 Å². The van der Waals surface area contributed by atoms with E-state index in [2.05, 4.69) is 10.3 Å². The summed E-state index contributed by atoms with van der Waals surface area (Å²) < 4.78 is 0. The number of amides is 2. The van der Waals surface area contributed by atoms with Gasteiger partial charge < -0.3 is 4.90 Å². The zero-order valence-corrected chi connectivity index (χ0v) is 11.3. The smallest absolute Gasteiger partial charge is 0.251 e. The van der Waals surface area contributed by atoms with Crippen LogP contribution in [-0.2, 0) is 9.59 Å². The van der Waals surface area contributed by atoms with Crippen LogP contribution in [0, 0.1) is 0 Å². The molecule has 0 bridgehead atoms. The number of rotatable bonds is 2. The zero-order valence-electron chi connectivity index (χ0n) is 9.69. The Hall–Kier alpha value is -1.47. The first-order valence-corrected chi connectivity index (χ1v) is 6.29. The van der Waals surface area contributed by atoms with Crippen molar-refractivity contribution >= 4 is 46.2 Å². The molecule has 96 valence electrons. The lowest BCUT2D eigenvalue weighted by atomic mass is 10.00. The van der Waals surface area contributed by atoms with Crippen molar-refractivity contribution < 1.29 is 14.4 Å². The van der Waals surface area contributed by atoms with Gasteiger partial charge in [0.05, 0.1) is 0 Å². The highest BCUT2D eigenvalue weighted by atomic mass is 35.5. The average molecular weight is 288 g/mol. The normalized spacial score (nSPS) is 18.7. The molecule has 6 nitrogen and oxygen atoms in total. The molecule has 1 aliphatic heterocycles. The zero-order chi connectivity index (χ0) is 13.5. The van der Waals surface area contributed by atoms with Gasteiger partial charge in [0.1, 0.15) is 17.0 Å². The van der Waals surface area contributed by atoms with Crippen LogP contribution >= 0.6 is 22.9 Å². The number of carbonyl (C=O) groups is 3. The van der Waals surface area contributed by atoms with E-state index >= 15 is 0 Å². The molecule has 0 atom stereocenters. The molecule has 1 aromatic heterocycles. The molecule has 1 aromatic rings. The number of hydrogen-bond acceptors (Lipinski definition) is 6. The second-order valence-corrected chi connectivity index (χ2v) is 5.66. The molecule has 1 N–H and O–H groups in total. The molecule has 0 aliphatic carbocycles. The second-order valence-electron chi connectivity index (χ2n) is 4.29. The number of aromatic nitrogens is 1. The lowest BCUT2D eigenvalue weighted by molar-refractivity contribution is -0.135.